The monoisotopic (exact) mass is 348 g/mol. The molecule has 1 aromatic carbocycles. The highest BCUT2D eigenvalue weighted by molar-refractivity contribution is 5.83. The minimum absolute atomic E-state index is 0.0168. The minimum atomic E-state index is -0.555. The number of ether oxygens (including phenoxy) is 1. The molecule has 0 aliphatic heterocycles. The first-order chi connectivity index (χ1) is 11.8. The fraction of sp³-hybridized carbons (Fsp3) is 0.579. The lowest BCUT2D eigenvalue weighted by atomic mass is 9.93. The average Bonchev–Trinajstić information content (AvgIpc) is 2.58. The van der Waals surface area contributed by atoms with E-state index in [0.717, 1.165) is 17.9 Å². The first-order valence-electron chi connectivity index (χ1n) is 8.76. The van der Waals surface area contributed by atoms with Gasteiger partial charge in [0.25, 0.3) is 0 Å². The number of guanidine groups is 1. The van der Waals surface area contributed by atoms with Crippen molar-refractivity contribution in [1.82, 2.24) is 16.0 Å². The van der Waals surface area contributed by atoms with Crippen LogP contribution in [0.2, 0.25) is 0 Å². The number of carbonyl (C=O) groups is 1. The van der Waals surface area contributed by atoms with Gasteiger partial charge in [-0.15, -0.1) is 0 Å². The van der Waals surface area contributed by atoms with Gasteiger partial charge in [0.15, 0.2) is 5.96 Å². The number of hydrogen-bond acceptors (Lipinski definition) is 3. The van der Waals surface area contributed by atoms with Crippen molar-refractivity contribution in [3.8, 4) is 5.75 Å². The number of aliphatic imine (C=N–C) groups is 1. The number of para-hydroxylation sites is 1. The number of nitrogens with zero attached hydrogens (tertiary/aromatic N) is 1. The minimum Gasteiger partial charge on any atom is -0.489 e. The first-order valence-corrected chi connectivity index (χ1v) is 8.76. The normalized spacial score (nSPS) is 13.1. The lowest BCUT2D eigenvalue weighted by Crippen LogP contribution is -2.43. The van der Waals surface area contributed by atoms with Gasteiger partial charge in [-0.2, -0.15) is 0 Å². The molecule has 0 fully saturated rings. The Kier molecular flexibility index (Phi) is 8.25. The predicted molar refractivity (Wildman–Crippen MR) is 103 cm³/mol. The summed E-state index contributed by atoms with van der Waals surface area (Å²) in [4.78, 5) is 16.4. The zero-order valence-electron chi connectivity index (χ0n) is 16.3. The third kappa shape index (κ3) is 7.03. The van der Waals surface area contributed by atoms with Crippen molar-refractivity contribution < 1.29 is 9.53 Å². The Morgan fingerprint density at radius 1 is 1.28 bits per heavy atom. The number of amides is 1. The van der Waals surface area contributed by atoms with Gasteiger partial charge in [0.1, 0.15) is 11.9 Å². The van der Waals surface area contributed by atoms with Crippen molar-refractivity contribution in [3.05, 3.63) is 29.8 Å². The van der Waals surface area contributed by atoms with Crippen LogP contribution in [-0.2, 0) is 4.79 Å². The Balaban J connectivity index is 2.61. The predicted octanol–water partition coefficient (Wildman–Crippen LogP) is 2.09. The van der Waals surface area contributed by atoms with Crippen molar-refractivity contribution in [2.75, 3.05) is 26.7 Å². The van der Waals surface area contributed by atoms with Gasteiger partial charge in [-0.25, -0.2) is 0 Å². The first kappa shape index (κ1) is 20.8. The highest BCUT2D eigenvalue weighted by atomic mass is 16.5. The molecule has 0 heterocycles. The van der Waals surface area contributed by atoms with E-state index in [-0.39, 0.29) is 12.0 Å². The molecule has 1 aromatic rings. The van der Waals surface area contributed by atoms with E-state index >= 15 is 0 Å². The molecule has 25 heavy (non-hydrogen) atoms. The van der Waals surface area contributed by atoms with Gasteiger partial charge in [0, 0.05) is 13.6 Å². The maximum atomic E-state index is 11.9. The Bertz CT molecular complexity index is 585. The molecule has 140 valence electrons. The van der Waals surface area contributed by atoms with E-state index in [4.69, 9.17) is 4.74 Å². The van der Waals surface area contributed by atoms with Crippen LogP contribution in [-0.4, -0.2) is 44.7 Å². The molecule has 0 spiro atoms. The molecule has 1 atom stereocenters. The number of benzene rings is 1. The van der Waals surface area contributed by atoms with Crippen molar-refractivity contribution in [2.45, 2.75) is 40.7 Å². The molecule has 0 aromatic heterocycles. The Hall–Kier alpha value is -2.24. The summed E-state index contributed by atoms with van der Waals surface area (Å²) < 4.78 is 5.97. The molecule has 1 unspecified atom stereocenters. The van der Waals surface area contributed by atoms with Crippen molar-refractivity contribution in [2.24, 2.45) is 10.4 Å². The third-order valence-electron chi connectivity index (χ3n) is 3.80. The SMILES string of the molecule is CCNC(=NCC(C)(C)C(=O)NC)NCC(C)Oc1ccccc1C. The van der Waals surface area contributed by atoms with Crippen molar-refractivity contribution >= 4 is 11.9 Å². The van der Waals surface area contributed by atoms with Crippen LogP contribution in [0.4, 0.5) is 0 Å². The molecule has 6 heteroatoms. The van der Waals surface area contributed by atoms with Gasteiger partial charge in [0.2, 0.25) is 5.91 Å². The van der Waals surface area contributed by atoms with E-state index in [2.05, 4.69) is 20.9 Å². The molecule has 0 saturated carbocycles. The highest BCUT2D eigenvalue weighted by Gasteiger charge is 2.26. The van der Waals surface area contributed by atoms with E-state index < -0.39 is 5.41 Å². The number of nitrogens with one attached hydrogen (secondary N) is 3. The second-order valence-corrected chi connectivity index (χ2v) is 6.73. The molecule has 1 rings (SSSR count). The molecule has 0 aliphatic carbocycles. The van der Waals surface area contributed by atoms with Crippen molar-refractivity contribution in [3.63, 3.8) is 0 Å². The standard InChI is InChI=1S/C19H32N4O2/c1-7-21-18(23-13-19(4,5)17(24)20-6)22-12-15(3)25-16-11-9-8-10-14(16)2/h8-11,15H,7,12-13H2,1-6H3,(H,20,24)(H2,21,22,23). The maximum absolute atomic E-state index is 11.9. The summed E-state index contributed by atoms with van der Waals surface area (Å²) in [6.07, 6.45) is -0.0168. The van der Waals surface area contributed by atoms with Crippen LogP contribution in [0.25, 0.3) is 0 Å². The number of hydrogen-bond donors (Lipinski definition) is 3. The molecule has 6 nitrogen and oxygen atoms in total. The lowest BCUT2D eigenvalue weighted by molar-refractivity contribution is -0.128. The van der Waals surface area contributed by atoms with Crippen LogP contribution in [0, 0.1) is 12.3 Å². The molecule has 0 saturated heterocycles. The summed E-state index contributed by atoms with van der Waals surface area (Å²) in [6, 6.07) is 7.96. The Morgan fingerprint density at radius 2 is 1.96 bits per heavy atom. The van der Waals surface area contributed by atoms with Gasteiger partial charge in [-0.3, -0.25) is 9.79 Å². The van der Waals surface area contributed by atoms with Crippen LogP contribution < -0.4 is 20.7 Å². The number of aryl methyl sites for hydroxylation is 1. The summed E-state index contributed by atoms with van der Waals surface area (Å²) in [7, 11) is 1.64. The van der Waals surface area contributed by atoms with E-state index in [0.29, 0.717) is 19.0 Å². The van der Waals surface area contributed by atoms with Crippen LogP contribution in [0.3, 0.4) is 0 Å². The van der Waals surface area contributed by atoms with Crippen LogP contribution in [0.1, 0.15) is 33.3 Å². The molecular formula is C19H32N4O2. The molecular weight excluding hydrogens is 316 g/mol. The van der Waals surface area contributed by atoms with Gasteiger partial charge in [-0.1, -0.05) is 18.2 Å². The zero-order chi connectivity index (χ0) is 18.9. The lowest BCUT2D eigenvalue weighted by Gasteiger charge is -2.22. The molecule has 0 bridgehead atoms. The summed E-state index contributed by atoms with van der Waals surface area (Å²) in [5.74, 6) is 1.54. The smallest absolute Gasteiger partial charge is 0.227 e. The van der Waals surface area contributed by atoms with Crippen LogP contribution in [0.15, 0.2) is 29.3 Å². The molecule has 0 aliphatic rings. The summed E-state index contributed by atoms with van der Waals surface area (Å²) in [5, 5.41) is 9.14. The average molecular weight is 348 g/mol. The van der Waals surface area contributed by atoms with Gasteiger partial charge in [-0.05, 0) is 46.2 Å². The fourth-order valence-electron chi connectivity index (χ4n) is 2.22. The largest absolute Gasteiger partial charge is 0.489 e. The Labute approximate surface area is 151 Å². The fourth-order valence-corrected chi connectivity index (χ4v) is 2.22. The quantitative estimate of drug-likeness (QED) is 0.497. The summed E-state index contributed by atoms with van der Waals surface area (Å²) in [6.45, 7) is 11.6. The number of carbonyl (C=O) groups excluding carboxylic acids is 1. The summed E-state index contributed by atoms with van der Waals surface area (Å²) >= 11 is 0. The highest BCUT2D eigenvalue weighted by Crippen LogP contribution is 2.17. The molecule has 0 radical (unpaired) electrons. The molecule has 1 amide bonds. The zero-order valence-corrected chi connectivity index (χ0v) is 16.3. The van der Waals surface area contributed by atoms with E-state index in [9.17, 15) is 4.79 Å². The summed E-state index contributed by atoms with van der Waals surface area (Å²) in [5.41, 5.74) is 0.558. The topological polar surface area (TPSA) is 74.8 Å². The van der Waals surface area contributed by atoms with Gasteiger partial charge >= 0.3 is 0 Å². The van der Waals surface area contributed by atoms with E-state index in [1.807, 2.05) is 58.9 Å². The van der Waals surface area contributed by atoms with Gasteiger partial charge < -0.3 is 20.7 Å². The number of rotatable bonds is 8. The van der Waals surface area contributed by atoms with Crippen LogP contribution in [0.5, 0.6) is 5.75 Å². The Morgan fingerprint density at radius 3 is 2.56 bits per heavy atom. The van der Waals surface area contributed by atoms with Crippen LogP contribution >= 0.6 is 0 Å². The van der Waals surface area contributed by atoms with Gasteiger partial charge in [0.05, 0.1) is 18.5 Å². The molecule has 3 N–H and O–H groups in total. The van der Waals surface area contributed by atoms with Crippen molar-refractivity contribution in [1.29, 1.82) is 0 Å². The van der Waals surface area contributed by atoms with E-state index in [1.165, 1.54) is 0 Å². The van der Waals surface area contributed by atoms with E-state index in [1.54, 1.807) is 7.05 Å². The second-order valence-electron chi connectivity index (χ2n) is 6.73. The third-order valence-corrected chi connectivity index (χ3v) is 3.80. The maximum Gasteiger partial charge on any atom is 0.227 e. The second kappa shape index (κ2) is 9.91.